The average molecular weight is 328 g/mol. The van der Waals surface area contributed by atoms with Crippen LogP contribution in [0, 0.1) is 0 Å². The van der Waals surface area contributed by atoms with Crippen LogP contribution in [0.15, 0.2) is 29.3 Å². The van der Waals surface area contributed by atoms with E-state index in [2.05, 4.69) is 15.0 Å². The number of H-pyrrole nitrogens is 1. The number of nitrogens with zero attached hydrogens (tertiary/aromatic N) is 4. The van der Waals surface area contributed by atoms with Gasteiger partial charge in [0.25, 0.3) is 0 Å². The van der Waals surface area contributed by atoms with Gasteiger partial charge in [-0.05, 0) is 18.2 Å². The molecule has 0 fully saturated rings. The van der Waals surface area contributed by atoms with Crippen LogP contribution in [0.1, 0.15) is 0 Å². The Morgan fingerprint density at radius 3 is 3.00 bits per heavy atom. The van der Waals surface area contributed by atoms with Gasteiger partial charge in [-0.3, -0.25) is 4.90 Å². The number of nitrogen functional groups attached to an aromatic ring is 1. The van der Waals surface area contributed by atoms with Crippen molar-refractivity contribution < 1.29 is 14.6 Å². The smallest absolute Gasteiger partial charge is 0.412 e. The van der Waals surface area contributed by atoms with Crippen molar-refractivity contribution in [3.8, 4) is 11.4 Å². The third-order valence-corrected chi connectivity index (χ3v) is 3.80. The first-order valence-electron chi connectivity index (χ1n) is 7.05. The molecule has 1 aromatic carbocycles. The molecule has 3 aromatic rings. The van der Waals surface area contributed by atoms with Crippen molar-refractivity contribution in [2.45, 2.75) is 0 Å². The molecule has 2 aromatic heterocycles. The quantitative estimate of drug-likeness (QED) is 0.593. The number of nitrogens with one attached hydrogen (secondary N) is 1. The Hall–Kier alpha value is -3.56. The van der Waals surface area contributed by atoms with Gasteiger partial charge in [0.2, 0.25) is 0 Å². The maximum atomic E-state index is 12.3. The number of carbonyl (C=O) groups is 1. The lowest BCUT2D eigenvalue weighted by molar-refractivity contribution is 0.196. The molecule has 4 N–H and O–H groups in total. The number of benzene rings is 1. The number of imidazole rings is 1. The minimum absolute atomic E-state index is 0.157. The maximum absolute atomic E-state index is 12.3. The number of aromatic amines is 1. The van der Waals surface area contributed by atoms with E-state index in [0.717, 1.165) is 0 Å². The third kappa shape index (κ3) is 1.96. The first-order chi connectivity index (χ1) is 11.6. The van der Waals surface area contributed by atoms with Crippen LogP contribution in [0.25, 0.3) is 16.9 Å². The van der Waals surface area contributed by atoms with Crippen LogP contribution in [0.5, 0.6) is 5.75 Å². The summed E-state index contributed by atoms with van der Waals surface area (Å²) in [6.45, 7) is 0.485. The molecule has 0 aliphatic carbocycles. The summed E-state index contributed by atoms with van der Waals surface area (Å²) in [4.78, 5) is 35.4. The summed E-state index contributed by atoms with van der Waals surface area (Å²) in [7, 11) is 0. The fraction of sp³-hybridized carbons (Fsp3) is 0.143. The fourth-order valence-corrected chi connectivity index (χ4v) is 2.72. The standard InChI is InChI=1S/C14H12N6O4/c15-11-10-12(17-6-16-11)20(13(21)18-10)7-1-2-9-8(5-7)19(14(22)23)3-4-24-9/h1-2,5-6H,3-4H2,(H,18,21)(H,22,23)(H2,15,16,17). The van der Waals surface area contributed by atoms with Crippen molar-refractivity contribution in [2.75, 3.05) is 23.8 Å². The number of ether oxygens (including phenoxy) is 1. The van der Waals surface area contributed by atoms with Gasteiger partial charge in [0, 0.05) is 0 Å². The Bertz CT molecular complexity index is 1020. The van der Waals surface area contributed by atoms with E-state index in [1.54, 1.807) is 18.2 Å². The van der Waals surface area contributed by atoms with Gasteiger partial charge < -0.3 is 20.6 Å². The second kappa shape index (κ2) is 4.98. The van der Waals surface area contributed by atoms with Crippen LogP contribution >= 0.6 is 0 Å². The van der Waals surface area contributed by atoms with E-state index in [1.165, 1.54) is 15.8 Å². The zero-order valence-electron chi connectivity index (χ0n) is 12.3. The van der Waals surface area contributed by atoms with Crippen LogP contribution in [0.3, 0.4) is 0 Å². The average Bonchev–Trinajstić information content (AvgIpc) is 2.91. The molecule has 10 heteroatoms. The van der Waals surface area contributed by atoms with Gasteiger partial charge in [0.1, 0.15) is 24.2 Å². The predicted molar refractivity (Wildman–Crippen MR) is 84.8 cm³/mol. The molecule has 3 heterocycles. The lowest BCUT2D eigenvalue weighted by atomic mass is 10.2. The highest BCUT2D eigenvalue weighted by molar-refractivity contribution is 5.90. The van der Waals surface area contributed by atoms with Gasteiger partial charge in [-0.1, -0.05) is 0 Å². The zero-order chi connectivity index (χ0) is 16.8. The number of amides is 1. The lowest BCUT2D eigenvalue weighted by Crippen LogP contribution is -2.37. The largest absolute Gasteiger partial charge is 0.490 e. The van der Waals surface area contributed by atoms with Gasteiger partial charge in [0.05, 0.1) is 17.9 Å². The third-order valence-electron chi connectivity index (χ3n) is 3.80. The van der Waals surface area contributed by atoms with Crippen LogP contribution in [-0.4, -0.2) is 43.9 Å². The fourth-order valence-electron chi connectivity index (χ4n) is 2.72. The highest BCUT2D eigenvalue weighted by Gasteiger charge is 2.24. The number of nitrogens with two attached hydrogens (primary N) is 1. The SMILES string of the molecule is Nc1ncnc2c1[nH]c(=O)n2-c1ccc2c(c1)N(C(=O)O)CCO2. The maximum Gasteiger partial charge on any atom is 0.412 e. The van der Waals surface area contributed by atoms with Crippen molar-refractivity contribution in [3.63, 3.8) is 0 Å². The summed E-state index contributed by atoms with van der Waals surface area (Å²) < 4.78 is 6.78. The Morgan fingerprint density at radius 1 is 1.38 bits per heavy atom. The zero-order valence-corrected chi connectivity index (χ0v) is 12.3. The Labute approximate surface area is 134 Å². The first-order valence-corrected chi connectivity index (χ1v) is 7.05. The van der Waals surface area contributed by atoms with E-state index < -0.39 is 11.8 Å². The minimum atomic E-state index is -1.09. The Kier molecular flexibility index (Phi) is 2.92. The van der Waals surface area contributed by atoms with E-state index in [4.69, 9.17) is 10.5 Å². The molecular formula is C14H12N6O4. The molecule has 4 rings (SSSR count). The van der Waals surface area contributed by atoms with Gasteiger partial charge in [-0.15, -0.1) is 0 Å². The summed E-state index contributed by atoms with van der Waals surface area (Å²) in [6, 6.07) is 4.84. The molecule has 24 heavy (non-hydrogen) atoms. The molecule has 1 amide bonds. The van der Waals surface area contributed by atoms with E-state index in [-0.39, 0.29) is 19.0 Å². The summed E-state index contributed by atoms with van der Waals surface area (Å²) >= 11 is 0. The van der Waals surface area contributed by atoms with Crippen molar-refractivity contribution in [2.24, 2.45) is 0 Å². The number of hydrogen-bond acceptors (Lipinski definition) is 6. The van der Waals surface area contributed by atoms with E-state index in [0.29, 0.717) is 28.3 Å². The van der Waals surface area contributed by atoms with E-state index >= 15 is 0 Å². The molecular weight excluding hydrogens is 316 g/mol. The topological polar surface area (TPSA) is 139 Å². The van der Waals surface area contributed by atoms with Gasteiger partial charge in [0.15, 0.2) is 11.5 Å². The summed E-state index contributed by atoms with van der Waals surface area (Å²) in [6.07, 6.45) is 0.168. The van der Waals surface area contributed by atoms with Gasteiger partial charge >= 0.3 is 11.8 Å². The monoisotopic (exact) mass is 328 g/mol. The highest BCUT2D eigenvalue weighted by Crippen LogP contribution is 2.34. The molecule has 0 saturated heterocycles. The van der Waals surface area contributed by atoms with Crippen molar-refractivity contribution in [1.82, 2.24) is 19.5 Å². The first kappa shape index (κ1) is 14.1. The molecule has 0 spiro atoms. The van der Waals surface area contributed by atoms with Gasteiger partial charge in [-0.25, -0.2) is 24.1 Å². The molecule has 0 radical (unpaired) electrons. The number of carboxylic acid groups (broad SMARTS) is 1. The summed E-state index contributed by atoms with van der Waals surface area (Å²) in [5.74, 6) is 0.596. The van der Waals surface area contributed by atoms with Crippen LogP contribution in [0.4, 0.5) is 16.3 Å². The number of fused-ring (bicyclic) bond motifs is 2. The number of hydrogen-bond donors (Lipinski definition) is 3. The molecule has 122 valence electrons. The molecule has 0 saturated carbocycles. The number of aromatic nitrogens is 4. The van der Waals surface area contributed by atoms with Gasteiger partial charge in [-0.2, -0.15) is 0 Å². The van der Waals surface area contributed by atoms with E-state index in [9.17, 15) is 14.7 Å². The second-order valence-corrected chi connectivity index (χ2v) is 5.16. The minimum Gasteiger partial charge on any atom is -0.490 e. The molecule has 1 aliphatic heterocycles. The lowest BCUT2D eigenvalue weighted by Gasteiger charge is -2.27. The summed E-state index contributed by atoms with van der Waals surface area (Å²) in [5, 5.41) is 9.33. The van der Waals surface area contributed by atoms with Crippen molar-refractivity contribution in [1.29, 1.82) is 0 Å². The normalized spacial score (nSPS) is 13.6. The Balaban J connectivity index is 1.94. The molecule has 0 atom stereocenters. The van der Waals surface area contributed by atoms with E-state index in [1.807, 2.05) is 0 Å². The predicted octanol–water partition coefficient (Wildman–Crippen LogP) is 0.568. The highest BCUT2D eigenvalue weighted by atomic mass is 16.5. The molecule has 1 aliphatic rings. The van der Waals surface area contributed by atoms with Crippen molar-refractivity contribution in [3.05, 3.63) is 35.0 Å². The molecule has 0 bridgehead atoms. The molecule has 10 nitrogen and oxygen atoms in total. The number of anilines is 2. The van der Waals surface area contributed by atoms with Crippen LogP contribution < -0.4 is 21.1 Å². The number of rotatable bonds is 1. The van der Waals surface area contributed by atoms with Crippen LogP contribution in [-0.2, 0) is 0 Å². The van der Waals surface area contributed by atoms with Crippen molar-refractivity contribution >= 4 is 28.8 Å². The summed E-state index contributed by atoms with van der Waals surface area (Å²) in [5.41, 5.74) is 6.75. The van der Waals surface area contributed by atoms with Crippen LogP contribution in [0.2, 0.25) is 0 Å². The molecule has 0 unspecified atom stereocenters. The Morgan fingerprint density at radius 2 is 2.21 bits per heavy atom. The second-order valence-electron chi connectivity index (χ2n) is 5.16.